The van der Waals surface area contributed by atoms with Gasteiger partial charge in [0.1, 0.15) is 5.82 Å². The molecule has 2 aromatic rings. The lowest BCUT2D eigenvalue weighted by Gasteiger charge is -2.33. The lowest BCUT2D eigenvalue weighted by atomic mass is 10.0. The van der Waals surface area contributed by atoms with Gasteiger partial charge in [0.25, 0.3) is 5.91 Å². The molecule has 1 aliphatic heterocycles. The molecule has 3 rings (SSSR count). The van der Waals surface area contributed by atoms with Gasteiger partial charge in [0, 0.05) is 29.7 Å². The van der Waals surface area contributed by atoms with Gasteiger partial charge in [-0.1, -0.05) is 41.4 Å². The third-order valence-corrected chi connectivity index (χ3v) is 5.97. The number of amides is 3. The van der Waals surface area contributed by atoms with Crippen molar-refractivity contribution in [3.8, 4) is 0 Å². The number of nitrogens with zero attached hydrogens (tertiary/aromatic N) is 1. The fourth-order valence-electron chi connectivity index (χ4n) is 3.54. The summed E-state index contributed by atoms with van der Waals surface area (Å²) in [4.78, 5) is 26.8. The Balaban J connectivity index is 1.52. The summed E-state index contributed by atoms with van der Waals surface area (Å²) < 4.78 is 13.8. The van der Waals surface area contributed by atoms with Crippen molar-refractivity contribution in [2.24, 2.45) is 0 Å². The van der Waals surface area contributed by atoms with E-state index in [9.17, 15) is 14.0 Å². The van der Waals surface area contributed by atoms with Gasteiger partial charge in [-0.05, 0) is 56.0 Å². The lowest BCUT2D eigenvalue weighted by molar-refractivity contribution is 0.0917. The van der Waals surface area contributed by atoms with Crippen molar-refractivity contribution in [2.75, 3.05) is 13.1 Å². The normalized spacial score (nSPS) is 15.6. The van der Waals surface area contributed by atoms with E-state index in [1.54, 1.807) is 17.9 Å². The molecule has 1 saturated heterocycles. The molecule has 0 aliphatic carbocycles. The van der Waals surface area contributed by atoms with Crippen LogP contribution in [0, 0.1) is 12.7 Å². The maximum absolute atomic E-state index is 13.8. The number of aryl methyl sites for hydroxylation is 1. The maximum atomic E-state index is 13.8. The van der Waals surface area contributed by atoms with Crippen LogP contribution in [0.25, 0.3) is 0 Å². The number of likely N-dealkylation sites (tertiary alicyclic amines) is 1. The Morgan fingerprint density at radius 1 is 1.13 bits per heavy atom. The second-order valence-electron chi connectivity index (χ2n) is 7.51. The van der Waals surface area contributed by atoms with Crippen LogP contribution in [-0.2, 0) is 0 Å². The van der Waals surface area contributed by atoms with E-state index in [0.717, 1.165) is 5.56 Å². The number of piperidine rings is 1. The van der Waals surface area contributed by atoms with Crippen LogP contribution in [0.1, 0.15) is 47.3 Å². The Bertz CT molecular complexity index is 946. The third kappa shape index (κ3) is 5.24. The van der Waals surface area contributed by atoms with E-state index in [1.165, 1.54) is 12.1 Å². The van der Waals surface area contributed by atoms with E-state index < -0.39 is 11.9 Å². The average molecular weight is 452 g/mol. The molecule has 3 amide bonds. The minimum absolute atomic E-state index is 0.0124. The van der Waals surface area contributed by atoms with Crippen LogP contribution in [-0.4, -0.2) is 36.0 Å². The van der Waals surface area contributed by atoms with Crippen LogP contribution < -0.4 is 10.6 Å². The minimum Gasteiger partial charge on any atom is -0.349 e. The molecule has 0 spiro atoms. The highest BCUT2D eigenvalue weighted by Gasteiger charge is 2.26. The number of nitrogens with one attached hydrogen (secondary N) is 2. The second kappa shape index (κ2) is 9.67. The van der Waals surface area contributed by atoms with E-state index in [4.69, 9.17) is 23.2 Å². The summed E-state index contributed by atoms with van der Waals surface area (Å²) >= 11 is 11.9. The van der Waals surface area contributed by atoms with Gasteiger partial charge in [-0.25, -0.2) is 9.18 Å². The highest BCUT2D eigenvalue weighted by atomic mass is 35.5. The van der Waals surface area contributed by atoms with Gasteiger partial charge >= 0.3 is 6.03 Å². The maximum Gasteiger partial charge on any atom is 0.317 e. The summed E-state index contributed by atoms with van der Waals surface area (Å²) in [7, 11) is 0. The molecule has 160 valence electrons. The molecule has 1 heterocycles. The number of rotatable bonds is 4. The molecule has 2 N–H and O–H groups in total. The Labute approximate surface area is 185 Å². The smallest absolute Gasteiger partial charge is 0.317 e. The van der Waals surface area contributed by atoms with Gasteiger partial charge < -0.3 is 15.5 Å². The molecule has 1 fully saturated rings. The van der Waals surface area contributed by atoms with Crippen molar-refractivity contribution < 1.29 is 14.0 Å². The van der Waals surface area contributed by atoms with Gasteiger partial charge in [0.05, 0.1) is 11.1 Å². The summed E-state index contributed by atoms with van der Waals surface area (Å²) in [5, 5.41) is 6.14. The lowest BCUT2D eigenvalue weighted by Crippen LogP contribution is -2.49. The molecule has 0 saturated carbocycles. The first kappa shape index (κ1) is 22.4. The summed E-state index contributed by atoms with van der Waals surface area (Å²) in [6, 6.07) is 9.31. The van der Waals surface area contributed by atoms with E-state index in [2.05, 4.69) is 10.6 Å². The molecule has 5 nitrogen and oxygen atoms in total. The van der Waals surface area contributed by atoms with Gasteiger partial charge in [-0.15, -0.1) is 0 Å². The molecule has 30 heavy (non-hydrogen) atoms. The molecular formula is C22H24Cl2FN3O2. The van der Waals surface area contributed by atoms with Crippen molar-refractivity contribution in [3.05, 3.63) is 69.0 Å². The summed E-state index contributed by atoms with van der Waals surface area (Å²) in [5.41, 5.74) is 2.06. The number of benzene rings is 2. The molecule has 0 bridgehead atoms. The van der Waals surface area contributed by atoms with E-state index in [-0.39, 0.29) is 23.0 Å². The van der Waals surface area contributed by atoms with E-state index >= 15 is 0 Å². The zero-order valence-electron chi connectivity index (χ0n) is 16.8. The van der Waals surface area contributed by atoms with Crippen LogP contribution in [0.15, 0.2) is 36.4 Å². The first-order chi connectivity index (χ1) is 14.3. The largest absolute Gasteiger partial charge is 0.349 e. The summed E-state index contributed by atoms with van der Waals surface area (Å²) in [6.45, 7) is 4.67. The summed E-state index contributed by atoms with van der Waals surface area (Å²) in [6.07, 6.45) is 1.32. The Morgan fingerprint density at radius 3 is 2.47 bits per heavy atom. The first-order valence-corrected chi connectivity index (χ1v) is 10.6. The molecule has 1 atom stereocenters. The van der Waals surface area contributed by atoms with E-state index in [0.29, 0.717) is 42.1 Å². The number of carbonyl (C=O) groups excluding carboxylic acids is 2. The SMILES string of the molecule is Cc1ccccc1C(=O)NC1CCN(C(=O)NC(C)c2cc(F)c(Cl)cc2Cl)CC1. The second-order valence-corrected chi connectivity index (χ2v) is 8.32. The van der Waals surface area contributed by atoms with E-state index in [1.807, 2.05) is 25.1 Å². The molecule has 1 aliphatic rings. The Morgan fingerprint density at radius 2 is 1.80 bits per heavy atom. The standard InChI is InChI=1S/C22H24Cl2FN3O2/c1-13-5-3-4-6-16(13)21(29)27-15-7-9-28(10-8-15)22(30)26-14(2)17-11-20(25)19(24)12-18(17)23/h3-6,11-12,14-15H,7-10H2,1-2H3,(H,26,30)(H,27,29). The van der Waals surface area contributed by atoms with Gasteiger partial charge in [-0.2, -0.15) is 0 Å². The fourth-order valence-corrected chi connectivity index (χ4v) is 4.09. The number of hydrogen-bond acceptors (Lipinski definition) is 2. The number of hydrogen-bond donors (Lipinski definition) is 2. The fraction of sp³-hybridized carbons (Fsp3) is 0.364. The molecule has 8 heteroatoms. The van der Waals surface area contributed by atoms with Crippen LogP contribution in [0.5, 0.6) is 0 Å². The number of halogens is 3. The van der Waals surface area contributed by atoms with Gasteiger partial charge in [-0.3, -0.25) is 4.79 Å². The van der Waals surface area contributed by atoms with Crippen LogP contribution in [0.4, 0.5) is 9.18 Å². The Kier molecular flexibility index (Phi) is 7.21. The first-order valence-electron chi connectivity index (χ1n) is 9.82. The highest BCUT2D eigenvalue weighted by molar-refractivity contribution is 6.35. The average Bonchev–Trinajstić information content (AvgIpc) is 2.71. The van der Waals surface area contributed by atoms with Crippen molar-refractivity contribution in [1.29, 1.82) is 0 Å². The topological polar surface area (TPSA) is 61.4 Å². The third-order valence-electron chi connectivity index (χ3n) is 5.35. The molecule has 0 aromatic heterocycles. The van der Waals surface area contributed by atoms with Crippen molar-refractivity contribution in [1.82, 2.24) is 15.5 Å². The molecule has 1 unspecified atom stereocenters. The van der Waals surface area contributed by atoms with Crippen LogP contribution in [0.2, 0.25) is 10.0 Å². The van der Waals surface area contributed by atoms with Crippen molar-refractivity contribution in [3.63, 3.8) is 0 Å². The Hall–Kier alpha value is -2.31. The number of carbonyl (C=O) groups is 2. The van der Waals surface area contributed by atoms with Crippen LogP contribution >= 0.6 is 23.2 Å². The van der Waals surface area contributed by atoms with Gasteiger partial charge in [0.15, 0.2) is 0 Å². The van der Waals surface area contributed by atoms with Crippen molar-refractivity contribution in [2.45, 2.75) is 38.8 Å². The molecular weight excluding hydrogens is 428 g/mol. The summed E-state index contributed by atoms with van der Waals surface area (Å²) in [5.74, 6) is -0.675. The number of urea groups is 1. The zero-order valence-corrected chi connectivity index (χ0v) is 18.4. The zero-order chi connectivity index (χ0) is 21.8. The quantitative estimate of drug-likeness (QED) is 0.634. The minimum atomic E-state index is -0.581. The van der Waals surface area contributed by atoms with Crippen molar-refractivity contribution >= 4 is 35.1 Å². The monoisotopic (exact) mass is 451 g/mol. The predicted molar refractivity (Wildman–Crippen MR) is 117 cm³/mol. The van der Waals surface area contributed by atoms with Gasteiger partial charge in [0.2, 0.25) is 0 Å². The van der Waals surface area contributed by atoms with Crippen LogP contribution in [0.3, 0.4) is 0 Å². The highest BCUT2D eigenvalue weighted by Crippen LogP contribution is 2.28. The molecule has 0 radical (unpaired) electrons. The predicted octanol–water partition coefficient (Wildman–Crippen LogP) is 5.11. The molecule has 2 aromatic carbocycles.